The maximum Gasteiger partial charge on any atom is 0.264 e. The maximum atomic E-state index is 12.4. The van der Waals surface area contributed by atoms with E-state index >= 15 is 0 Å². The summed E-state index contributed by atoms with van der Waals surface area (Å²) >= 11 is 5.95. The van der Waals surface area contributed by atoms with Gasteiger partial charge in [-0.1, -0.05) is 41.9 Å². The van der Waals surface area contributed by atoms with Crippen LogP contribution in [-0.2, 0) is 10.0 Å². The van der Waals surface area contributed by atoms with Gasteiger partial charge in [0.25, 0.3) is 10.0 Å². The highest BCUT2D eigenvalue weighted by Gasteiger charge is 2.18. The fourth-order valence-electron chi connectivity index (χ4n) is 2.45. The van der Waals surface area contributed by atoms with E-state index in [0.717, 1.165) is 16.8 Å². The summed E-state index contributed by atoms with van der Waals surface area (Å²) in [5, 5.41) is 11.3. The van der Waals surface area contributed by atoms with Gasteiger partial charge >= 0.3 is 0 Å². The Morgan fingerprint density at radius 2 is 1.46 bits per heavy atom. The predicted octanol–water partition coefficient (Wildman–Crippen LogP) is 4.29. The van der Waals surface area contributed by atoms with Crippen molar-refractivity contribution in [1.82, 2.24) is 10.2 Å². The third-order valence-electron chi connectivity index (χ3n) is 3.76. The molecule has 0 saturated carbocycles. The van der Waals surface area contributed by atoms with E-state index in [0.29, 0.717) is 5.82 Å². The van der Waals surface area contributed by atoms with Crippen LogP contribution in [0, 0.1) is 13.8 Å². The summed E-state index contributed by atoms with van der Waals surface area (Å²) in [7, 11) is -3.83. The number of para-hydroxylation sites is 1. The number of aryl methyl sites for hydroxylation is 2. The molecule has 0 atom stereocenters. The zero-order valence-corrected chi connectivity index (χ0v) is 15.8. The Labute approximate surface area is 157 Å². The molecule has 0 aliphatic carbocycles. The monoisotopic (exact) mass is 388 g/mol. The lowest BCUT2D eigenvalue weighted by Crippen LogP contribution is -2.15. The van der Waals surface area contributed by atoms with E-state index in [4.69, 9.17) is 11.6 Å². The third-order valence-corrected chi connectivity index (χ3v) is 5.62. The summed E-state index contributed by atoms with van der Waals surface area (Å²) in [5.74, 6) is 0.625. The molecule has 1 aromatic heterocycles. The molecule has 0 aliphatic rings. The Kier molecular flexibility index (Phi) is 5.11. The molecule has 0 amide bonds. The van der Waals surface area contributed by atoms with Gasteiger partial charge in [-0.15, -0.1) is 10.2 Å². The van der Waals surface area contributed by atoms with Crippen molar-refractivity contribution in [2.45, 2.75) is 18.7 Å². The van der Waals surface area contributed by atoms with Crippen molar-refractivity contribution in [3.8, 4) is 0 Å². The van der Waals surface area contributed by atoms with Gasteiger partial charge in [-0.05, 0) is 49.2 Å². The highest BCUT2D eigenvalue weighted by atomic mass is 35.5. The normalized spacial score (nSPS) is 11.2. The molecular weight excluding hydrogens is 372 g/mol. The molecule has 2 aromatic carbocycles. The summed E-state index contributed by atoms with van der Waals surface area (Å²) in [6.45, 7) is 3.99. The summed E-state index contributed by atoms with van der Waals surface area (Å²) in [5.41, 5.74) is 3.11. The van der Waals surface area contributed by atoms with E-state index in [2.05, 4.69) is 20.2 Å². The van der Waals surface area contributed by atoms with Crippen LogP contribution in [0.2, 0.25) is 5.02 Å². The van der Waals surface area contributed by atoms with Crippen LogP contribution >= 0.6 is 11.6 Å². The SMILES string of the molecule is Cc1cccc(C)c1Nc1ccc(NS(=O)(=O)c2ccccc2Cl)nn1. The van der Waals surface area contributed by atoms with Crippen molar-refractivity contribution < 1.29 is 8.42 Å². The van der Waals surface area contributed by atoms with Crippen LogP contribution in [0.25, 0.3) is 0 Å². The minimum Gasteiger partial charge on any atom is -0.338 e. The number of anilines is 3. The van der Waals surface area contributed by atoms with Gasteiger partial charge in [-0.3, -0.25) is 4.72 Å². The second-order valence-corrected chi connectivity index (χ2v) is 7.79. The molecule has 2 N–H and O–H groups in total. The number of sulfonamides is 1. The van der Waals surface area contributed by atoms with E-state index in [1.165, 1.54) is 18.2 Å². The summed E-state index contributed by atoms with van der Waals surface area (Å²) in [4.78, 5) is -0.0128. The molecule has 0 saturated heterocycles. The molecule has 26 heavy (non-hydrogen) atoms. The molecule has 0 bridgehead atoms. The van der Waals surface area contributed by atoms with Gasteiger partial charge in [0.2, 0.25) is 0 Å². The number of benzene rings is 2. The highest BCUT2D eigenvalue weighted by Crippen LogP contribution is 2.25. The molecule has 0 radical (unpaired) electrons. The smallest absolute Gasteiger partial charge is 0.264 e. The standard InChI is InChI=1S/C18H17ClN4O2S/c1-12-6-5-7-13(2)18(12)20-16-10-11-17(22-21-16)23-26(24,25)15-9-4-3-8-14(15)19/h3-11H,1-2H3,(H,20,21)(H,22,23). The number of nitrogens with zero attached hydrogens (tertiary/aromatic N) is 2. The zero-order valence-electron chi connectivity index (χ0n) is 14.2. The van der Waals surface area contributed by atoms with Crippen LogP contribution in [0.5, 0.6) is 0 Å². The van der Waals surface area contributed by atoms with Gasteiger partial charge in [-0.25, -0.2) is 8.42 Å². The fourth-order valence-corrected chi connectivity index (χ4v) is 3.97. The summed E-state index contributed by atoms with van der Waals surface area (Å²) in [6.07, 6.45) is 0. The Bertz CT molecular complexity index is 1020. The van der Waals surface area contributed by atoms with Gasteiger partial charge < -0.3 is 5.32 Å². The van der Waals surface area contributed by atoms with Gasteiger partial charge in [0.15, 0.2) is 11.6 Å². The lowest BCUT2D eigenvalue weighted by atomic mass is 10.1. The predicted molar refractivity (Wildman–Crippen MR) is 103 cm³/mol. The fraction of sp³-hybridized carbons (Fsp3) is 0.111. The zero-order chi connectivity index (χ0) is 18.7. The molecule has 1 heterocycles. The van der Waals surface area contributed by atoms with Crippen LogP contribution in [0.1, 0.15) is 11.1 Å². The Hall–Kier alpha value is -2.64. The first-order valence-corrected chi connectivity index (χ1v) is 9.67. The van der Waals surface area contributed by atoms with Gasteiger partial charge in [0.1, 0.15) is 4.90 Å². The first kappa shape index (κ1) is 18.2. The van der Waals surface area contributed by atoms with Crippen molar-refractivity contribution in [3.05, 3.63) is 70.7 Å². The number of aromatic nitrogens is 2. The molecule has 134 valence electrons. The molecular formula is C18H17ClN4O2S. The molecule has 8 heteroatoms. The van der Waals surface area contributed by atoms with Crippen LogP contribution in [-0.4, -0.2) is 18.6 Å². The van der Waals surface area contributed by atoms with Crippen molar-refractivity contribution >= 4 is 38.9 Å². The van der Waals surface area contributed by atoms with Crippen LogP contribution < -0.4 is 10.0 Å². The Morgan fingerprint density at radius 1 is 0.846 bits per heavy atom. The van der Waals surface area contributed by atoms with Crippen molar-refractivity contribution in [1.29, 1.82) is 0 Å². The average Bonchev–Trinajstić information content (AvgIpc) is 2.60. The van der Waals surface area contributed by atoms with Crippen molar-refractivity contribution in [2.75, 3.05) is 10.0 Å². The largest absolute Gasteiger partial charge is 0.338 e. The number of halogens is 1. The molecule has 0 spiro atoms. The van der Waals surface area contributed by atoms with E-state index < -0.39 is 10.0 Å². The Balaban J connectivity index is 1.79. The first-order valence-electron chi connectivity index (χ1n) is 7.81. The van der Waals surface area contributed by atoms with Crippen LogP contribution in [0.4, 0.5) is 17.3 Å². The third kappa shape index (κ3) is 3.95. The van der Waals surface area contributed by atoms with E-state index in [1.54, 1.807) is 18.2 Å². The highest BCUT2D eigenvalue weighted by molar-refractivity contribution is 7.92. The number of nitrogens with one attached hydrogen (secondary N) is 2. The van der Waals surface area contributed by atoms with Crippen LogP contribution in [0.3, 0.4) is 0 Å². The quantitative estimate of drug-likeness (QED) is 0.681. The molecule has 0 aliphatic heterocycles. The van der Waals surface area contributed by atoms with Crippen molar-refractivity contribution in [2.24, 2.45) is 0 Å². The first-order chi connectivity index (χ1) is 12.4. The topological polar surface area (TPSA) is 84.0 Å². The second-order valence-electron chi connectivity index (χ2n) is 5.73. The maximum absolute atomic E-state index is 12.4. The van der Waals surface area contributed by atoms with E-state index in [-0.39, 0.29) is 15.7 Å². The minimum atomic E-state index is -3.83. The molecule has 3 rings (SSSR count). The lowest BCUT2D eigenvalue weighted by Gasteiger charge is -2.12. The number of hydrogen-bond donors (Lipinski definition) is 2. The molecule has 0 fully saturated rings. The van der Waals surface area contributed by atoms with Gasteiger partial charge in [-0.2, -0.15) is 0 Å². The van der Waals surface area contributed by atoms with E-state index in [9.17, 15) is 8.42 Å². The van der Waals surface area contributed by atoms with Crippen LogP contribution in [0.15, 0.2) is 59.5 Å². The number of hydrogen-bond acceptors (Lipinski definition) is 5. The van der Waals surface area contributed by atoms with Crippen molar-refractivity contribution in [3.63, 3.8) is 0 Å². The molecule has 6 nitrogen and oxygen atoms in total. The summed E-state index contributed by atoms with van der Waals surface area (Å²) in [6, 6.07) is 15.4. The van der Waals surface area contributed by atoms with Gasteiger partial charge in [0, 0.05) is 5.69 Å². The summed E-state index contributed by atoms with van der Waals surface area (Å²) < 4.78 is 27.2. The molecule has 3 aromatic rings. The molecule has 0 unspecified atom stereocenters. The minimum absolute atomic E-state index is 0.0128. The van der Waals surface area contributed by atoms with Gasteiger partial charge in [0.05, 0.1) is 5.02 Å². The lowest BCUT2D eigenvalue weighted by molar-refractivity contribution is 0.601. The average molecular weight is 389 g/mol. The Morgan fingerprint density at radius 3 is 2.08 bits per heavy atom. The number of rotatable bonds is 5. The van der Waals surface area contributed by atoms with E-state index in [1.807, 2.05) is 32.0 Å². The second kappa shape index (κ2) is 7.31.